The van der Waals surface area contributed by atoms with E-state index in [1.807, 2.05) is 0 Å². The molecule has 7 rings (SSSR count). The Bertz CT molecular complexity index is 1170. The van der Waals surface area contributed by atoms with Crippen LogP contribution in [0.2, 0.25) is 0 Å². The van der Waals surface area contributed by atoms with Gasteiger partial charge in [0.05, 0.1) is 0 Å². The third-order valence-corrected chi connectivity index (χ3v) is 11.5. The van der Waals surface area contributed by atoms with Crippen LogP contribution in [0.4, 0.5) is 11.4 Å². The minimum absolute atomic E-state index is 1.30. The predicted octanol–water partition coefficient (Wildman–Crippen LogP) is 4.06. The topological polar surface area (TPSA) is 12.0 Å². The van der Waals surface area contributed by atoms with E-state index in [0.717, 1.165) is 0 Å². The van der Waals surface area contributed by atoms with Crippen molar-refractivity contribution in [3.05, 3.63) is 84.9 Å². The van der Waals surface area contributed by atoms with Crippen molar-refractivity contribution in [2.75, 3.05) is 5.32 Å². The number of anilines is 2. The molecule has 1 N–H and O–H groups in total. The molecular formula is C24H16NP. The van der Waals surface area contributed by atoms with Crippen molar-refractivity contribution < 1.29 is 0 Å². The molecule has 3 heterocycles. The molecule has 0 radical (unpaired) electrons. The Balaban J connectivity index is 1.81. The fourth-order valence-electron chi connectivity index (χ4n) is 5.61. The second-order valence-electron chi connectivity index (χ2n) is 7.42. The van der Waals surface area contributed by atoms with E-state index in [-0.39, 0.29) is 0 Å². The van der Waals surface area contributed by atoms with Gasteiger partial charge in [0, 0.05) is 0 Å². The summed E-state index contributed by atoms with van der Waals surface area (Å²) < 4.78 is 0. The van der Waals surface area contributed by atoms with E-state index in [9.17, 15) is 0 Å². The molecule has 4 aromatic rings. The van der Waals surface area contributed by atoms with Gasteiger partial charge in [0.1, 0.15) is 0 Å². The Hall–Kier alpha value is -2.89. The van der Waals surface area contributed by atoms with Crippen molar-refractivity contribution in [2.45, 2.75) is 0 Å². The summed E-state index contributed by atoms with van der Waals surface area (Å²) >= 11 is 0. The van der Waals surface area contributed by atoms with Crippen LogP contribution < -0.4 is 26.5 Å². The van der Waals surface area contributed by atoms with Crippen LogP contribution in [-0.2, 0) is 0 Å². The first-order valence-corrected chi connectivity index (χ1v) is 11.1. The minimum atomic E-state index is -2.19. The zero-order valence-electron chi connectivity index (χ0n) is 14.1. The van der Waals surface area contributed by atoms with E-state index < -0.39 is 7.26 Å². The van der Waals surface area contributed by atoms with Gasteiger partial charge in [-0.1, -0.05) is 0 Å². The number of nitrogens with one attached hydrogen (secondary N) is 1. The van der Waals surface area contributed by atoms with Crippen molar-refractivity contribution in [3.8, 4) is 22.3 Å². The summed E-state index contributed by atoms with van der Waals surface area (Å²) in [6, 6.07) is 31.7. The second kappa shape index (κ2) is 4.26. The fraction of sp³-hybridized carbons (Fsp3) is 0. The standard InChI is InChI=1S/C24H16NP/c1-3-13-21-15(7-1)17-9-5-11-19-23(17)26(21)22-14-4-2-8-16(22)18-10-6-12-20(25-19)24(18)26/h1-14,25-26H. The molecule has 0 fully saturated rings. The second-order valence-corrected chi connectivity index (χ2v) is 11.0. The van der Waals surface area contributed by atoms with Crippen LogP contribution in [0, 0.1) is 0 Å². The molecule has 0 unspecified atom stereocenters. The summed E-state index contributed by atoms with van der Waals surface area (Å²) in [4.78, 5) is 0. The third kappa shape index (κ3) is 1.24. The number of hydrogen-bond donors (Lipinski definition) is 1. The summed E-state index contributed by atoms with van der Waals surface area (Å²) in [6.07, 6.45) is 0. The Morgan fingerprint density at radius 3 is 1.46 bits per heavy atom. The molecule has 0 aromatic heterocycles. The van der Waals surface area contributed by atoms with Crippen LogP contribution in [0.15, 0.2) is 84.9 Å². The summed E-state index contributed by atoms with van der Waals surface area (Å²) in [5.41, 5.74) is 8.30. The first-order chi connectivity index (χ1) is 12.9. The Morgan fingerprint density at radius 2 is 0.923 bits per heavy atom. The van der Waals surface area contributed by atoms with Crippen LogP contribution in [0.25, 0.3) is 22.3 Å². The van der Waals surface area contributed by atoms with Crippen molar-refractivity contribution in [3.63, 3.8) is 0 Å². The Morgan fingerprint density at radius 1 is 0.462 bits per heavy atom. The van der Waals surface area contributed by atoms with Crippen LogP contribution in [0.1, 0.15) is 0 Å². The molecule has 0 amide bonds. The van der Waals surface area contributed by atoms with Crippen molar-refractivity contribution in [1.29, 1.82) is 0 Å². The first-order valence-electron chi connectivity index (χ1n) is 9.14. The monoisotopic (exact) mass is 349 g/mol. The fourth-order valence-corrected chi connectivity index (χ4v) is 11.5. The molecule has 1 spiro atoms. The van der Waals surface area contributed by atoms with Gasteiger partial charge in [-0.3, -0.25) is 0 Å². The van der Waals surface area contributed by atoms with E-state index in [2.05, 4.69) is 90.2 Å². The molecule has 2 heteroatoms. The molecule has 122 valence electrons. The summed E-state index contributed by atoms with van der Waals surface area (Å²) in [6.45, 7) is 0. The Kier molecular flexibility index (Phi) is 2.18. The Labute approximate surface area is 152 Å². The maximum absolute atomic E-state index is 3.76. The predicted molar refractivity (Wildman–Crippen MR) is 114 cm³/mol. The van der Waals surface area contributed by atoms with Gasteiger partial charge in [-0.05, 0) is 0 Å². The molecule has 0 saturated carbocycles. The quantitative estimate of drug-likeness (QED) is 0.407. The average molecular weight is 349 g/mol. The molecular weight excluding hydrogens is 333 g/mol. The summed E-state index contributed by atoms with van der Waals surface area (Å²) in [5, 5.41) is 10.0. The van der Waals surface area contributed by atoms with E-state index >= 15 is 0 Å². The summed E-state index contributed by atoms with van der Waals surface area (Å²) in [5.74, 6) is 0. The van der Waals surface area contributed by atoms with E-state index in [4.69, 9.17) is 0 Å². The molecule has 1 nitrogen and oxygen atoms in total. The molecule has 4 aromatic carbocycles. The molecule has 3 aliphatic rings. The van der Waals surface area contributed by atoms with Crippen molar-refractivity contribution >= 4 is 39.9 Å². The van der Waals surface area contributed by atoms with Gasteiger partial charge in [-0.25, -0.2) is 0 Å². The van der Waals surface area contributed by atoms with Gasteiger partial charge >= 0.3 is 152 Å². The average Bonchev–Trinajstić information content (AvgIpc) is 3.17. The normalized spacial score (nSPS) is 16.8. The molecule has 26 heavy (non-hydrogen) atoms. The zero-order chi connectivity index (χ0) is 16.9. The number of hydrogen-bond acceptors (Lipinski definition) is 1. The first kappa shape index (κ1) is 13.3. The van der Waals surface area contributed by atoms with E-state index in [0.29, 0.717) is 0 Å². The number of rotatable bonds is 0. The van der Waals surface area contributed by atoms with Gasteiger partial charge in [0.2, 0.25) is 0 Å². The third-order valence-electron chi connectivity index (χ3n) is 6.39. The molecule has 0 atom stereocenters. The van der Waals surface area contributed by atoms with Crippen LogP contribution in [0.5, 0.6) is 0 Å². The van der Waals surface area contributed by atoms with E-state index in [1.165, 1.54) is 33.6 Å². The molecule has 0 bridgehead atoms. The van der Waals surface area contributed by atoms with Gasteiger partial charge in [0.25, 0.3) is 0 Å². The van der Waals surface area contributed by atoms with E-state index in [1.54, 1.807) is 21.2 Å². The van der Waals surface area contributed by atoms with Gasteiger partial charge in [-0.15, -0.1) is 0 Å². The van der Waals surface area contributed by atoms with Gasteiger partial charge in [-0.2, -0.15) is 0 Å². The van der Waals surface area contributed by atoms with Crippen LogP contribution in [0.3, 0.4) is 0 Å². The van der Waals surface area contributed by atoms with Gasteiger partial charge < -0.3 is 0 Å². The molecule has 0 saturated heterocycles. The number of fused-ring (bicyclic) bond motifs is 4. The summed E-state index contributed by atoms with van der Waals surface area (Å²) in [7, 11) is -2.19. The van der Waals surface area contributed by atoms with Gasteiger partial charge in [0.15, 0.2) is 0 Å². The van der Waals surface area contributed by atoms with Crippen molar-refractivity contribution in [1.82, 2.24) is 0 Å². The SMILES string of the molecule is c1ccc2c(c1)-c1cccc3c1[PH]21c2ccccc2-c2cccc(c21)N3. The maximum atomic E-state index is 3.76. The zero-order valence-corrected chi connectivity index (χ0v) is 15.1. The molecule has 0 aliphatic carbocycles. The molecule has 3 aliphatic heterocycles. The van der Waals surface area contributed by atoms with Crippen LogP contribution in [-0.4, -0.2) is 0 Å². The number of benzene rings is 4. The van der Waals surface area contributed by atoms with Crippen molar-refractivity contribution in [2.24, 2.45) is 0 Å². The van der Waals surface area contributed by atoms with Crippen LogP contribution >= 0.6 is 7.26 Å².